The maximum atomic E-state index is 11.2. The number of aromatic nitrogens is 1. The van der Waals surface area contributed by atoms with Crippen LogP contribution in [0.3, 0.4) is 0 Å². The minimum absolute atomic E-state index is 0.1000. The first kappa shape index (κ1) is 15.3. The van der Waals surface area contributed by atoms with E-state index >= 15 is 0 Å². The van der Waals surface area contributed by atoms with Gasteiger partial charge in [0.2, 0.25) is 0 Å². The molecule has 20 heavy (non-hydrogen) atoms. The molecule has 1 aromatic heterocycles. The van der Waals surface area contributed by atoms with Crippen LogP contribution in [0.5, 0.6) is 0 Å². The van der Waals surface area contributed by atoms with Crippen LogP contribution < -0.4 is 10.3 Å². The molecule has 0 spiro atoms. The molecule has 0 aliphatic carbocycles. The summed E-state index contributed by atoms with van der Waals surface area (Å²) in [6.07, 6.45) is 4.86. The van der Waals surface area contributed by atoms with Crippen molar-refractivity contribution in [1.29, 1.82) is 0 Å². The number of rotatable bonds is 6. The molecule has 2 heterocycles. The Hall–Kier alpha value is -1.11. The van der Waals surface area contributed by atoms with E-state index in [2.05, 4.69) is 4.52 Å². The van der Waals surface area contributed by atoms with Gasteiger partial charge in [-0.2, -0.15) is 4.57 Å². The average Bonchev–Trinajstić information content (AvgIpc) is 2.93. The second kappa shape index (κ2) is 7.06. The first-order valence-corrected chi connectivity index (χ1v) is 7.35. The third kappa shape index (κ3) is 3.94. The first-order valence-electron chi connectivity index (χ1n) is 6.22. The number of primary amides is 1. The molecule has 110 valence electrons. The summed E-state index contributed by atoms with van der Waals surface area (Å²) >= 11 is 0. The molecule has 3 unspecified atom stereocenters. The smallest absolute Gasteiger partial charge is 0.329 e. The molecule has 0 bridgehead atoms. The maximum absolute atomic E-state index is 11.2. The van der Waals surface area contributed by atoms with E-state index in [4.69, 9.17) is 15.0 Å². The minimum Gasteiger partial charge on any atom is -0.365 e. The Morgan fingerprint density at radius 2 is 2.45 bits per heavy atom. The zero-order chi connectivity index (χ0) is 14.5. The fourth-order valence-corrected chi connectivity index (χ4v) is 2.45. The summed E-state index contributed by atoms with van der Waals surface area (Å²) in [5.41, 5.74) is 5.69. The Morgan fingerprint density at radius 3 is 3.15 bits per heavy atom. The van der Waals surface area contributed by atoms with Gasteiger partial charge < -0.3 is 24.4 Å². The number of pyridine rings is 1. The quantitative estimate of drug-likeness (QED) is 0.593. The lowest BCUT2D eigenvalue weighted by Gasteiger charge is -2.12. The third-order valence-electron chi connectivity index (χ3n) is 3.05. The van der Waals surface area contributed by atoms with Crippen molar-refractivity contribution in [2.45, 2.75) is 25.2 Å². The van der Waals surface area contributed by atoms with Crippen molar-refractivity contribution >= 4 is 14.5 Å². The number of nitrogens with two attached hydrogens (primary N) is 1. The van der Waals surface area contributed by atoms with Crippen molar-refractivity contribution < 1.29 is 28.0 Å². The predicted octanol–water partition coefficient (Wildman–Crippen LogP) is 0.633. The van der Waals surface area contributed by atoms with Crippen LogP contribution in [0.4, 0.5) is 0 Å². The number of amides is 1. The van der Waals surface area contributed by atoms with Crippen LogP contribution in [0.25, 0.3) is 0 Å². The fraction of sp³-hybridized carbons (Fsp3) is 0.500. The second-order valence-electron chi connectivity index (χ2n) is 4.41. The predicted molar refractivity (Wildman–Crippen MR) is 70.4 cm³/mol. The second-order valence-corrected chi connectivity index (χ2v) is 5.51. The van der Waals surface area contributed by atoms with Crippen molar-refractivity contribution in [3.8, 4) is 0 Å². The van der Waals surface area contributed by atoms with Crippen LogP contribution >= 0.6 is 8.60 Å². The number of ether oxygens (including phenoxy) is 1. The van der Waals surface area contributed by atoms with Crippen molar-refractivity contribution in [3.05, 3.63) is 30.1 Å². The number of hydrogen-bond donors (Lipinski definition) is 2. The number of carbonyl (C=O) groups excluding carboxylic acids is 1. The van der Waals surface area contributed by atoms with Gasteiger partial charge in [0.1, 0.15) is 5.56 Å². The van der Waals surface area contributed by atoms with E-state index < -0.39 is 14.5 Å². The summed E-state index contributed by atoms with van der Waals surface area (Å²) in [4.78, 5) is 20.4. The van der Waals surface area contributed by atoms with Gasteiger partial charge in [-0.05, 0) is 12.5 Å². The Bertz CT molecular complexity index is 473. The van der Waals surface area contributed by atoms with Gasteiger partial charge in [-0.25, -0.2) is 0 Å². The van der Waals surface area contributed by atoms with Gasteiger partial charge in [0, 0.05) is 19.6 Å². The summed E-state index contributed by atoms with van der Waals surface area (Å²) in [6, 6.07) is 3.41. The molecule has 0 radical (unpaired) electrons. The van der Waals surface area contributed by atoms with E-state index in [1.165, 1.54) is 7.11 Å². The largest absolute Gasteiger partial charge is 0.365 e. The lowest BCUT2D eigenvalue weighted by atomic mass is 10.2. The highest BCUT2D eigenvalue weighted by Gasteiger charge is 2.32. The van der Waals surface area contributed by atoms with Crippen LogP contribution in [-0.4, -0.2) is 30.6 Å². The highest BCUT2D eigenvalue weighted by molar-refractivity contribution is 7.40. The van der Waals surface area contributed by atoms with E-state index in [-0.39, 0.29) is 18.9 Å². The molecule has 0 saturated carbocycles. The summed E-state index contributed by atoms with van der Waals surface area (Å²) in [6.45, 7) is 0.280. The van der Waals surface area contributed by atoms with E-state index in [1.54, 1.807) is 18.3 Å². The van der Waals surface area contributed by atoms with E-state index in [1.807, 2.05) is 10.8 Å². The molecule has 8 heteroatoms. The maximum Gasteiger partial charge on any atom is 0.329 e. The van der Waals surface area contributed by atoms with Crippen LogP contribution in [0.1, 0.15) is 29.4 Å². The Labute approximate surface area is 118 Å². The van der Waals surface area contributed by atoms with Crippen LogP contribution in [0, 0.1) is 0 Å². The van der Waals surface area contributed by atoms with Crippen molar-refractivity contribution in [2.75, 3.05) is 13.7 Å². The molecular formula is C12H18N2O5P+. The molecule has 3 N–H and O–H groups in total. The molecule has 1 aromatic rings. The molecule has 1 aliphatic rings. The van der Waals surface area contributed by atoms with Gasteiger partial charge in [0.25, 0.3) is 12.1 Å². The number of hydrogen-bond acceptors (Lipinski definition) is 5. The fourth-order valence-electron chi connectivity index (χ4n) is 2.05. The SMILES string of the molecule is COP(O)OCC1CCC([n+]2cccc(C(N)=O)c2)O1. The summed E-state index contributed by atoms with van der Waals surface area (Å²) in [7, 11) is -0.441. The Morgan fingerprint density at radius 1 is 1.65 bits per heavy atom. The van der Waals surface area contributed by atoms with Gasteiger partial charge in [-0.15, -0.1) is 0 Å². The van der Waals surface area contributed by atoms with Gasteiger partial charge >= 0.3 is 8.60 Å². The van der Waals surface area contributed by atoms with Gasteiger partial charge in [0.15, 0.2) is 12.4 Å². The molecule has 0 aromatic carbocycles. The average molecular weight is 301 g/mol. The molecule has 1 fully saturated rings. The number of carbonyl (C=O) groups is 1. The molecule has 7 nitrogen and oxygen atoms in total. The van der Waals surface area contributed by atoms with E-state index in [0.717, 1.165) is 12.8 Å². The normalized spacial score (nSPS) is 23.7. The highest BCUT2D eigenvalue weighted by atomic mass is 31.2. The van der Waals surface area contributed by atoms with Gasteiger partial charge in [-0.3, -0.25) is 4.79 Å². The third-order valence-corrected chi connectivity index (χ3v) is 3.73. The van der Waals surface area contributed by atoms with Crippen molar-refractivity contribution in [2.24, 2.45) is 5.73 Å². The van der Waals surface area contributed by atoms with Crippen molar-refractivity contribution in [3.63, 3.8) is 0 Å². The monoisotopic (exact) mass is 301 g/mol. The molecule has 1 amide bonds. The summed E-state index contributed by atoms with van der Waals surface area (Å²) in [5, 5.41) is 0. The van der Waals surface area contributed by atoms with Gasteiger partial charge in [-0.1, -0.05) is 0 Å². The molecular weight excluding hydrogens is 283 g/mol. The summed E-state index contributed by atoms with van der Waals surface area (Å²) < 4.78 is 17.4. The molecule has 1 saturated heterocycles. The molecule has 2 rings (SSSR count). The zero-order valence-corrected chi connectivity index (χ0v) is 12.0. The Kier molecular flexibility index (Phi) is 5.39. The van der Waals surface area contributed by atoms with Crippen LogP contribution in [-0.2, 0) is 13.8 Å². The van der Waals surface area contributed by atoms with Crippen molar-refractivity contribution in [1.82, 2.24) is 0 Å². The lowest BCUT2D eigenvalue weighted by Crippen LogP contribution is -2.40. The zero-order valence-electron chi connectivity index (χ0n) is 11.1. The van der Waals surface area contributed by atoms with Gasteiger partial charge in [0.05, 0.1) is 12.7 Å². The van der Waals surface area contributed by atoms with Crippen LogP contribution in [0.2, 0.25) is 0 Å². The first-order chi connectivity index (χ1) is 9.60. The minimum atomic E-state index is -1.82. The standard InChI is InChI=1S/C12H17N2O5P/c1-17-20(16)18-8-10-4-5-11(19-10)14-6-2-3-9(7-14)12(13)15/h2-3,6-7,10-11,16H,4-5,8H2,1H3,(H-,13,15)/p+1. The summed E-state index contributed by atoms with van der Waals surface area (Å²) in [5.74, 6) is -0.469. The Balaban J connectivity index is 1.92. The van der Waals surface area contributed by atoms with Crippen LogP contribution in [0.15, 0.2) is 24.5 Å². The molecule has 3 atom stereocenters. The lowest BCUT2D eigenvalue weighted by molar-refractivity contribution is -0.759. The molecule has 1 aliphatic heterocycles. The number of nitrogens with zero attached hydrogens (tertiary/aromatic N) is 1. The van der Waals surface area contributed by atoms with E-state index in [0.29, 0.717) is 5.56 Å². The highest BCUT2D eigenvalue weighted by Crippen LogP contribution is 2.33. The topological polar surface area (TPSA) is 94.9 Å². The van der Waals surface area contributed by atoms with E-state index in [9.17, 15) is 9.69 Å².